The topological polar surface area (TPSA) is 70.8 Å². The van der Waals surface area contributed by atoms with Crippen molar-refractivity contribution in [1.29, 1.82) is 0 Å². The third-order valence-corrected chi connectivity index (χ3v) is 7.66. The molecule has 1 aromatic heterocycles. The van der Waals surface area contributed by atoms with E-state index in [9.17, 15) is 9.59 Å². The van der Waals surface area contributed by atoms with E-state index in [2.05, 4.69) is 10.1 Å². The van der Waals surface area contributed by atoms with Gasteiger partial charge in [-0.25, -0.2) is 4.39 Å². The summed E-state index contributed by atoms with van der Waals surface area (Å²) >= 11 is 0. The number of amidine groups is 1. The predicted octanol–water partition coefficient (Wildman–Crippen LogP) is 4.01. The van der Waals surface area contributed by atoms with E-state index in [1.165, 1.54) is 6.07 Å². The highest BCUT2D eigenvalue weighted by molar-refractivity contribution is 6.15. The minimum absolute atomic E-state index is 0.130. The molecule has 2 fully saturated rings. The number of aliphatic imine (C=N–C) groups is 1. The van der Waals surface area contributed by atoms with E-state index < -0.39 is 11.4 Å². The molecular weight excluding hydrogens is 457 g/mol. The van der Waals surface area contributed by atoms with Crippen molar-refractivity contribution in [2.75, 3.05) is 19.6 Å². The van der Waals surface area contributed by atoms with Gasteiger partial charge in [0, 0.05) is 38.0 Å². The summed E-state index contributed by atoms with van der Waals surface area (Å²) in [6, 6.07) is 11.0. The van der Waals surface area contributed by atoms with Gasteiger partial charge in [0.2, 0.25) is 5.91 Å². The Labute approximate surface area is 209 Å². The van der Waals surface area contributed by atoms with E-state index in [4.69, 9.17) is 0 Å². The maximum absolute atomic E-state index is 15.5. The van der Waals surface area contributed by atoms with Gasteiger partial charge in [-0.2, -0.15) is 5.10 Å². The van der Waals surface area contributed by atoms with Crippen molar-refractivity contribution >= 4 is 28.6 Å². The number of amides is 2. The van der Waals surface area contributed by atoms with Crippen molar-refractivity contribution in [3.05, 3.63) is 54.0 Å². The molecule has 2 aromatic carbocycles. The van der Waals surface area contributed by atoms with Gasteiger partial charge in [0.05, 0.1) is 17.3 Å². The lowest BCUT2D eigenvalue weighted by Crippen LogP contribution is -2.43. The monoisotopic (exact) mass is 487 g/mol. The lowest BCUT2D eigenvalue weighted by atomic mass is 10.0. The summed E-state index contributed by atoms with van der Waals surface area (Å²) in [4.78, 5) is 34.0. The number of benzene rings is 2. The van der Waals surface area contributed by atoms with E-state index in [-0.39, 0.29) is 23.7 Å². The first kappa shape index (κ1) is 22.9. The zero-order valence-corrected chi connectivity index (χ0v) is 20.9. The summed E-state index contributed by atoms with van der Waals surface area (Å²) in [5.74, 6) is 0.429. The zero-order chi connectivity index (χ0) is 25.2. The minimum Gasteiger partial charge on any atom is -0.342 e. The second-order valence-electron chi connectivity index (χ2n) is 10.9. The van der Waals surface area contributed by atoms with Crippen LogP contribution in [-0.2, 0) is 16.6 Å². The van der Waals surface area contributed by atoms with Gasteiger partial charge < -0.3 is 4.90 Å². The summed E-state index contributed by atoms with van der Waals surface area (Å²) < 4.78 is 17.4. The third-order valence-electron chi connectivity index (χ3n) is 7.66. The molecule has 1 atom stereocenters. The van der Waals surface area contributed by atoms with Crippen LogP contribution in [-0.4, -0.2) is 62.4 Å². The average molecular weight is 488 g/mol. The van der Waals surface area contributed by atoms with E-state index in [0.717, 1.165) is 47.8 Å². The number of hydrogen-bond acceptors (Lipinski definition) is 4. The fraction of sp³-hybridized carbons (Fsp3) is 0.429. The second kappa shape index (κ2) is 8.25. The smallest absolute Gasteiger partial charge is 0.255 e. The van der Waals surface area contributed by atoms with Gasteiger partial charge in [-0.3, -0.25) is 24.2 Å². The molecule has 1 aliphatic carbocycles. The summed E-state index contributed by atoms with van der Waals surface area (Å²) in [6.45, 7) is 5.34. The molecule has 0 spiro atoms. The molecule has 6 rings (SSSR count). The van der Waals surface area contributed by atoms with Crippen molar-refractivity contribution in [2.24, 2.45) is 23.9 Å². The van der Waals surface area contributed by atoms with E-state index in [1.807, 2.05) is 36.2 Å². The van der Waals surface area contributed by atoms with Crippen LogP contribution < -0.4 is 0 Å². The fourth-order valence-corrected chi connectivity index (χ4v) is 5.42. The number of nitrogens with zero attached hydrogens (tertiary/aromatic N) is 5. The Morgan fingerprint density at radius 1 is 1.11 bits per heavy atom. The molecule has 7 nitrogen and oxygen atoms in total. The maximum atomic E-state index is 15.5. The number of likely N-dealkylation sites (tertiary alicyclic amines) is 1. The van der Waals surface area contributed by atoms with Crippen LogP contribution >= 0.6 is 0 Å². The molecule has 0 radical (unpaired) electrons. The van der Waals surface area contributed by atoms with E-state index in [1.54, 1.807) is 35.7 Å². The van der Waals surface area contributed by atoms with Crippen molar-refractivity contribution < 1.29 is 14.0 Å². The Bertz CT molecular complexity index is 1420. The molecule has 1 saturated carbocycles. The summed E-state index contributed by atoms with van der Waals surface area (Å²) in [5.41, 5.74) is 2.03. The molecule has 3 aromatic rings. The molecule has 3 aliphatic rings. The second-order valence-corrected chi connectivity index (χ2v) is 10.9. The molecule has 2 aliphatic heterocycles. The predicted molar refractivity (Wildman–Crippen MR) is 136 cm³/mol. The number of fused-ring (bicyclic) bond motifs is 1. The summed E-state index contributed by atoms with van der Waals surface area (Å²) in [7, 11) is 1.89. The highest BCUT2D eigenvalue weighted by Gasteiger charge is 2.44. The van der Waals surface area contributed by atoms with E-state index in [0.29, 0.717) is 24.5 Å². The Hall–Kier alpha value is -3.55. The first-order valence-corrected chi connectivity index (χ1v) is 12.6. The number of aryl methyl sites for hydroxylation is 1. The number of hydrogen-bond donors (Lipinski definition) is 0. The molecule has 3 heterocycles. The van der Waals surface area contributed by atoms with Crippen LogP contribution in [0.5, 0.6) is 0 Å². The van der Waals surface area contributed by atoms with Crippen molar-refractivity contribution in [3.63, 3.8) is 0 Å². The highest BCUT2D eigenvalue weighted by Crippen LogP contribution is 2.34. The average Bonchev–Trinajstić information content (AvgIpc) is 3.43. The normalized spacial score (nSPS) is 21.5. The molecule has 0 bridgehead atoms. The van der Waals surface area contributed by atoms with Crippen molar-refractivity contribution in [1.82, 2.24) is 19.6 Å². The molecule has 2 amide bonds. The Morgan fingerprint density at radius 3 is 2.61 bits per heavy atom. The van der Waals surface area contributed by atoms with Gasteiger partial charge >= 0.3 is 0 Å². The molecule has 1 unspecified atom stereocenters. The SMILES string of the molecule is Cn1ncc2cc(-c3ccc(C4=NC(C)(C)C(=O)N4CC4CCN(C(=O)C5CC5)C4)c(F)c3)ccc21. The maximum Gasteiger partial charge on any atom is 0.255 e. The van der Waals surface area contributed by atoms with Crippen LogP contribution in [0.15, 0.2) is 47.6 Å². The number of carbonyl (C=O) groups is 2. The Kier molecular flexibility index (Phi) is 5.24. The van der Waals surface area contributed by atoms with Gasteiger partial charge in [-0.05, 0) is 74.4 Å². The van der Waals surface area contributed by atoms with Crippen molar-refractivity contribution in [2.45, 2.75) is 38.6 Å². The largest absolute Gasteiger partial charge is 0.342 e. The lowest BCUT2D eigenvalue weighted by Gasteiger charge is -2.25. The molecule has 186 valence electrons. The molecule has 1 saturated heterocycles. The third kappa shape index (κ3) is 3.88. The van der Waals surface area contributed by atoms with Gasteiger partial charge in [0.25, 0.3) is 5.91 Å². The van der Waals surface area contributed by atoms with Gasteiger partial charge in [-0.1, -0.05) is 12.1 Å². The van der Waals surface area contributed by atoms with E-state index >= 15 is 4.39 Å². The van der Waals surface area contributed by atoms with Crippen LogP contribution in [0.4, 0.5) is 4.39 Å². The van der Waals surface area contributed by atoms with Crippen LogP contribution in [0.1, 0.15) is 38.7 Å². The van der Waals surface area contributed by atoms with Crippen molar-refractivity contribution in [3.8, 4) is 11.1 Å². The molecule has 8 heteroatoms. The van der Waals surface area contributed by atoms with Gasteiger partial charge in [0.1, 0.15) is 17.2 Å². The Morgan fingerprint density at radius 2 is 1.86 bits per heavy atom. The zero-order valence-electron chi connectivity index (χ0n) is 20.9. The first-order chi connectivity index (χ1) is 17.2. The Balaban J connectivity index is 1.26. The standard InChI is InChI=1S/C28H30FN5O2/c1-28(2)27(36)34(16-17-10-11-33(15-17)26(35)18-4-5-18)25(31-28)22-8-6-20(13-23(22)29)19-7-9-24-21(12-19)14-30-32(24)3/h6-9,12-14,17-18H,4-5,10-11,15-16H2,1-3H3. The number of halogens is 1. The fourth-order valence-electron chi connectivity index (χ4n) is 5.42. The molecule has 36 heavy (non-hydrogen) atoms. The van der Waals surface area contributed by atoms with Gasteiger partial charge in [-0.15, -0.1) is 0 Å². The number of carbonyl (C=O) groups excluding carboxylic acids is 2. The quantitative estimate of drug-likeness (QED) is 0.546. The number of aromatic nitrogens is 2. The first-order valence-electron chi connectivity index (χ1n) is 12.6. The minimum atomic E-state index is -0.950. The van der Waals surface area contributed by atoms with Gasteiger partial charge in [0.15, 0.2) is 0 Å². The van der Waals surface area contributed by atoms with Crippen LogP contribution in [0, 0.1) is 17.7 Å². The summed E-state index contributed by atoms with van der Waals surface area (Å²) in [5, 5.41) is 5.27. The van der Waals surface area contributed by atoms with Crippen LogP contribution in [0.2, 0.25) is 0 Å². The lowest BCUT2D eigenvalue weighted by molar-refractivity contribution is -0.131. The van der Waals surface area contributed by atoms with Crippen LogP contribution in [0.3, 0.4) is 0 Å². The highest BCUT2D eigenvalue weighted by atomic mass is 19.1. The molecular formula is C28H30FN5O2. The summed E-state index contributed by atoms with van der Waals surface area (Å²) in [6.07, 6.45) is 4.61. The number of rotatable bonds is 5. The molecule has 0 N–H and O–H groups in total. The van der Waals surface area contributed by atoms with Crippen LogP contribution in [0.25, 0.3) is 22.0 Å².